The van der Waals surface area contributed by atoms with Gasteiger partial charge >= 0.3 is 6.18 Å². The molecule has 0 spiro atoms. The third-order valence-corrected chi connectivity index (χ3v) is 6.28. The van der Waals surface area contributed by atoms with Gasteiger partial charge in [0.05, 0.1) is 6.10 Å². The molecule has 1 unspecified atom stereocenters. The smallest absolute Gasteiger partial charge is 0.433 e. The number of hydrogen-bond donors (Lipinski definition) is 1. The van der Waals surface area contributed by atoms with Crippen LogP contribution < -0.4 is 10.5 Å². The van der Waals surface area contributed by atoms with Crippen LogP contribution in [0.1, 0.15) is 49.3 Å². The van der Waals surface area contributed by atoms with Crippen molar-refractivity contribution in [2.75, 3.05) is 5.73 Å². The van der Waals surface area contributed by atoms with E-state index in [4.69, 9.17) is 33.7 Å². The molecular weight excluding hydrogens is 502 g/mol. The van der Waals surface area contributed by atoms with Crippen LogP contribution in [0, 0.1) is 6.92 Å². The molecule has 6 nitrogen and oxygen atoms in total. The first kappa shape index (κ1) is 25.1. The number of nitrogens with two attached hydrogens (primary N) is 1. The molecule has 0 bridgehead atoms. The summed E-state index contributed by atoms with van der Waals surface area (Å²) in [7, 11) is 0. The summed E-state index contributed by atoms with van der Waals surface area (Å²) < 4.78 is 47.3. The van der Waals surface area contributed by atoms with Crippen molar-refractivity contribution in [2.24, 2.45) is 0 Å². The summed E-state index contributed by atoms with van der Waals surface area (Å²) in [5.41, 5.74) is 7.84. The van der Waals surface area contributed by atoms with E-state index in [9.17, 15) is 13.2 Å². The normalized spacial score (nSPS) is 13.0. The summed E-state index contributed by atoms with van der Waals surface area (Å²) >= 11 is 13.0. The Morgan fingerprint density at radius 3 is 2.43 bits per heavy atom. The maximum atomic E-state index is 13.1. The summed E-state index contributed by atoms with van der Waals surface area (Å²) in [5, 5.41) is 0.625. The lowest BCUT2D eigenvalue weighted by molar-refractivity contribution is -0.141. The highest BCUT2D eigenvalue weighted by Gasteiger charge is 2.33. The molecule has 4 aromatic rings. The van der Waals surface area contributed by atoms with Crippen molar-refractivity contribution < 1.29 is 17.9 Å². The molecule has 4 rings (SSSR count). The van der Waals surface area contributed by atoms with Crippen LogP contribution in [-0.2, 0) is 6.18 Å². The molecule has 0 aliphatic rings. The lowest BCUT2D eigenvalue weighted by Gasteiger charge is -2.24. The number of imidazole rings is 1. The van der Waals surface area contributed by atoms with Gasteiger partial charge in [-0.25, -0.2) is 9.97 Å². The van der Waals surface area contributed by atoms with Gasteiger partial charge in [0.2, 0.25) is 0 Å². The van der Waals surface area contributed by atoms with Gasteiger partial charge in [-0.1, -0.05) is 36.2 Å². The molecule has 0 fully saturated rings. The van der Waals surface area contributed by atoms with Crippen molar-refractivity contribution in [3.63, 3.8) is 0 Å². The number of halogens is 5. The van der Waals surface area contributed by atoms with E-state index in [1.807, 2.05) is 20.8 Å². The molecule has 0 aliphatic carbocycles. The summed E-state index contributed by atoms with van der Waals surface area (Å²) in [6.45, 7) is 7.42. The Morgan fingerprint density at radius 2 is 1.83 bits per heavy atom. The number of pyridine rings is 1. The van der Waals surface area contributed by atoms with Gasteiger partial charge in [0.15, 0.2) is 11.0 Å². The summed E-state index contributed by atoms with van der Waals surface area (Å²) in [6.07, 6.45) is -0.351. The zero-order valence-corrected chi connectivity index (χ0v) is 20.8. The zero-order valence-electron chi connectivity index (χ0n) is 19.3. The maximum absolute atomic E-state index is 13.1. The fourth-order valence-corrected chi connectivity index (χ4v) is 4.46. The first-order chi connectivity index (χ1) is 16.4. The van der Waals surface area contributed by atoms with Crippen molar-refractivity contribution >= 4 is 34.5 Å². The molecule has 184 valence electrons. The molecule has 0 radical (unpaired) electrons. The van der Waals surface area contributed by atoms with Gasteiger partial charge in [-0.05, 0) is 38.5 Å². The van der Waals surface area contributed by atoms with E-state index >= 15 is 0 Å². The molecule has 0 aliphatic heterocycles. The lowest BCUT2D eigenvalue weighted by Crippen LogP contribution is -2.13. The van der Waals surface area contributed by atoms with Gasteiger partial charge < -0.3 is 10.5 Å². The van der Waals surface area contributed by atoms with Crippen LogP contribution in [0.2, 0.25) is 10.2 Å². The third-order valence-electron chi connectivity index (χ3n) is 5.62. The molecule has 0 saturated carbocycles. The second kappa shape index (κ2) is 9.20. The van der Waals surface area contributed by atoms with E-state index < -0.39 is 11.9 Å². The average molecular weight is 524 g/mol. The van der Waals surface area contributed by atoms with E-state index in [2.05, 4.69) is 15.0 Å². The highest BCUT2D eigenvalue weighted by molar-refractivity contribution is 6.33. The second-order valence-electron chi connectivity index (χ2n) is 8.39. The number of alkyl halides is 3. The van der Waals surface area contributed by atoms with E-state index in [1.54, 1.807) is 29.8 Å². The van der Waals surface area contributed by atoms with Gasteiger partial charge in [-0.3, -0.25) is 9.38 Å². The molecule has 0 amide bonds. The second-order valence-corrected chi connectivity index (χ2v) is 9.15. The molecule has 3 heterocycles. The molecule has 0 saturated heterocycles. The molecule has 11 heteroatoms. The minimum absolute atomic E-state index is 0.203. The Kier molecular flexibility index (Phi) is 6.59. The molecule has 1 aromatic carbocycles. The van der Waals surface area contributed by atoms with Gasteiger partial charge in [-0.2, -0.15) is 13.2 Å². The van der Waals surface area contributed by atoms with Crippen LogP contribution in [0.4, 0.5) is 19.0 Å². The molecular formula is C24H22Cl2F3N5O. The number of anilines is 1. The average Bonchev–Trinajstić information content (AvgIpc) is 3.13. The molecule has 3 aromatic heterocycles. The number of benzene rings is 1. The fourth-order valence-electron chi connectivity index (χ4n) is 3.97. The van der Waals surface area contributed by atoms with E-state index in [0.717, 1.165) is 6.07 Å². The quantitative estimate of drug-likeness (QED) is 0.306. The third kappa shape index (κ3) is 4.62. The predicted molar refractivity (Wildman–Crippen MR) is 130 cm³/mol. The minimum Gasteiger partial charge on any atom is -0.490 e. The van der Waals surface area contributed by atoms with Crippen LogP contribution in [0.25, 0.3) is 16.6 Å². The summed E-state index contributed by atoms with van der Waals surface area (Å²) in [5.74, 6) is 0.903. The van der Waals surface area contributed by atoms with Gasteiger partial charge in [-0.15, -0.1) is 0 Å². The Labute approximate surface area is 209 Å². The monoisotopic (exact) mass is 523 g/mol. The van der Waals surface area contributed by atoms with E-state index in [-0.39, 0.29) is 23.0 Å². The lowest BCUT2D eigenvalue weighted by atomic mass is 9.91. The van der Waals surface area contributed by atoms with Crippen LogP contribution in [-0.4, -0.2) is 25.5 Å². The fraction of sp³-hybridized carbons (Fsp3) is 0.292. The molecule has 1 atom stereocenters. The van der Waals surface area contributed by atoms with Crippen molar-refractivity contribution in [2.45, 2.75) is 45.9 Å². The maximum Gasteiger partial charge on any atom is 0.433 e. The number of fused-ring (bicyclic) bond motifs is 1. The zero-order chi connectivity index (χ0) is 25.7. The SMILES string of the molecule is Cc1c(Cl)cc(C(C)c2nc(Cl)c3c(N)nccn23)c(OC(C)C)c1-c1ccc(C(F)(F)F)nc1. The van der Waals surface area contributed by atoms with Crippen molar-refractivity contribution in [3.05, 3.63) is 69.6 Å². The standard InChI is InChI=1S/C24H22Cl2F3N5O/c1-11(2)35-20-15(12(3)23-33-21(26)19-22(30)31-7-8-34(19)23)9-16(25)13(4)18(20)14-5-6-17(32-10-14)24(27,28)29/h5-12H,1-4H3,(H2,30,31). The Hall–Kier alpha value is -3.04. The first-order valence-electron chi connectivity index (χ1n) is 10.7. The highest BCUT2D eigenvalue weighted by Crippen LogP contribution is 2.45. The number of hydrogen-bond acceptors (Lipinski definition) is 5. The van der Waals surface area contributed by atoms with Gasteiger partial charge in [0.1, 0.15) is 22.8 Å². The van der Waals surface area contributed by atoms with E-state index in [0.29, 0.717) is 44.4 Å². The number of nitrogen functional groups attached to an aromatic ring is 1. The summed E-state index contributed by atoms with van der Waals surface area (Å²) in [4.78, 5) is 12.2. The first-order valence-corrected chi connectivity index (χ1v) is 11.5. The number of ether oxygens (including phenoxy) is 1. The van der Waals surface area contributed by atoms with Crippen LogP contribution in [0.5, 0.6) is 5.75 Å². The largest absolute Gasteiger partial charge is 0.490 e. The van der Waals surface area contributed by atoms with Crippen molar-refractivity contribution in [1.29, 1.82) is 0 Å². The van der Waals surface area contributed by atoms with Gasteiger partial charge in [0, 0.05) is 46.2 Å². The predicted octanol–water partition coefficient (Wildman–Crippen LogP) is 6.95. The number of aromatic nitrogens is 4. The van der Waals surface area contributed by atoms with Gasteiger partial charge in [0.25, 0.3) is 0 Å². The minimum atomic E-state index is -4.55. The highest BCUT2D eigenvalue weighted by atomic mass is 35.5. The van der Waals surface area contributed by atoms with Crippen molar-refractivity contribution in [1.82, 2.24) is 19.4 Å². The molecule has 2 N–H and O–H groups in total. The topological polar surface area (TPSA) is 78.3 Å². The number of nitrogens with zero attached hydrogens (tertiary/aromatic N) is 4. The van der Waals surface area contributed by atoms with Crippen LogP contribution in [0.3, 0.4) is 0 Å². The van der Waals surface area contributed by atoms with E-state index in [1.165, 1.54) is 12.3 Å². The molecule has 35 heavy (non-hydrogen) atoms. The summed E-state index contributed by atoms with van der Waals surface area (Å²) in [6, 6.07) is 4.08. The van der Waals surface area contributed by atoms with Crippen molar-refractivity contribution in [3.8, 4) is 16.9 Å². The number of rotatable bonds is 5. The Bertz CT molecular complexity index is 1400. The Balaban J connectivity index is 1.95. The van der Waals surface area contributed by atoms with Crippen LogP contribution in [0.15, 0.2) is 36.8 Å². The Morgan fingerprint density at radius 1 is 1.11 bits per heavy atom. The van der Waals surface area contributed by atoms with Crippen LogP contribution >= 0.6 is 23.2 Å².